The van der Waals surface area contributed by atoms with E-state index in [0.717, 1.165) is 0 Å². The minimum Gasteiger partial charge on any atom is -0.466 e. The SMILES string of the molecule is COC(=O)C1=C(Nc2cc(Cl)ccc2C(=O)N(C)C)C(=O)N(CCO)C1. The maximum absolute atomic E-state index is 12.6. The summed E-state index contributed by atoms with van der Waals surface area (Å²) in [6, 6.07) is 4.60. The van der Waals surface area contributed by atoms with Crippen molar-refractivity contribution >= 4 is 35.1 Å². The molecular weight excluding hydrogens is 362 g/mol. The Morgan fingerprint density at radius 1 is 1.38 bits per heavy atom. The van der Waals surface area contributed by atoms with Gasteiger partial charge in [0.1, 0.15) is 5.70 Å². The normalized spacial score (nSPS) is 13.9. The molecule has 0 fully saturated rings. The molecule has 0 bridgehead atoms. The molecule has 0 aliphatic carbocycles. The number of hydrogen-bond donors (Lipinski definition) is 2. The summed E-state index contributed by atoms with van der Waals surface area (Å²) >= 11 is 6.03. The van der Waals surface area contributed by atoms with Crippen LogP contribution in [-0.4, -0.2) is 73.6 Å². The van der Waals surface area contributed by atoms with Crippen molar-refractivity contribution in [3.05, 3.63) is 40.1 Å². The number of methoxy groups -OCH3 is 1. The lowest BCUT2D eigenvalue weighted by Gasteiger charge is -2.17. The lowest BCUT2D eigenvalue weighted by Crippen LogP contribution is -2.31. The molecule has 1 aromatic rings. The van der Waals surface area contributed by atoms with Gasteiger partial charge in [-0.2, -0.15) is 0 Å². The number of aliphatic hydroxyl groups excluding tert-OH is 1. The fourth-order valence-corrected chi connectivity index (χ4v) is 2.70. The van der Waals surface area contributed by atoms with Crippen molar-refractivity contribution in [3.8, 4) is 0 Å². The van der Waals surface area contributed by atoms with Crippen molar-refractivity contribution in [3.63, 3.8) is 0 Å². The van der Waals surface area contributed by atoms with E-state index in [1.165, 1.54) is 29.0 Å². The number of halogens is 1. The van der Waals surface area contributed by atoms with Crippen LogP contribution in [0.25, 0.3) is 0 Å². The number of hydrogen-bond acceptors (Lipinski definition) is 6. The van der Waals surface area contributed by atoms with Gasteiger partial charge in [-0.3, -0.25) is 9.59 Å². The highest BCUT2D eigenvalue weighted by Crippen LogP contribution is 2.27. The predicted octanol–water partition coefficient (Wildman–Crippen LogP) is 0.715. The Kier molecular flexibility index (Phi) is 6.23. The number of anilines is 1. The second-order valence-corrected chi connectivity index (χ2v) is 6.25. The molecule has 1 aliphatic heterocycles. The van der Waals surface area contributed by atoms with E-state index >= 15 is 0 Å². The topological polar surface area (TPSA) is 99.2 Å². The highest BCUT2D eigenvalue weighted by molar-refractivity contribution is 6.31. The van der Waals surface area contributed by atoms with Gasteiger partial charge in [0.15, 0.2) is 0 Å². The maximum atomic E-state index is 12.6. The molecule has 0 spiro atoms. The van der Waals surface area contributed by atoms with Gasteiger partial charge in [-0.25, -0.2) is 4.79 Å². The molecule has 0 saturated carbocycles. The van der Waals surface area contributed by atoms with E-state index in [1.807, 2.05) is 0 Å². The molecule has 140 valence electrons. The van der Waals surface area contributed by atoms with Gasteiger partial charge < -0.3 is 25.0 Å². The fourth-order valence-electron chi connectivity index (χ4n) is 2.53. The molecule has 8 nitrogen and oxygen atoms in total. The van der Waals surface area contributed by atoms with Crippen molar-refractivity contribution in [2.24, 2.45) is 0 Å². The molecule has 0 unspecified atom stereocenters. The van der Waals surface area contributed by atoms with Crippen molar-refractivity contribution in [1.82, 2.24) is 9.80 Å². The number of benzene rings is 1. The molecule has 9 heteroatoms. The van der Waals surface area contributed by atoms with Crippen LogP contribution >= 0.6 is 11.6 Å². The van der Waals surface area contributed by atoms with Crippen LogP contribution in [-0.2, 0) is 14.3 Å². The van der Waals surface area contributed by atoms with Crippen LogP contribution in [0.2, 0.25) is 5.02 Å². The first-order valence-electron chi connectivity index (χ1n) is 7.80. The number of esters is 1. The standard InChI is InChI=1S/C17H20ClN3O5/c1-20(2)15(23)11-5-4-10(18)8-13(11)19-14-12(17(25)26-3)9-21(6-7-22)16(14)24/h4-5,8,19,22H,6-7,9H2,1-3H3. The molecule has 26 heavy (non-hydrogen) atoms. The zero-order chi connectivity index (χ0) is 19.4. The first kappa shape index (κ1) is 19.7. The van der Waals surface area contributed by atoms with E-state index in [1.54, 1.807) is 20.2 Å². The van der Waals surface area contributed by atoms with E-state index < -0.39 is 11.9 Å². The van der Waals surface area contributed by atoms with Crippen LogP contribution in [0.15, 0.2) is 29.5 Å². The first-order chi connectivity index (χ1) is 12.3. The zero-order valence-corrected chi connectivity index (χ0v) is 15.5. The number of rotatable bonds is 6. The van der Waals surface area contributed by atoms with Gasteiger partial charge in [0, 0.05) is 25.7 Å². The highest BCUT2D eigenvalue weighted by atomic mass is 35.5. The van der Waals surface area contributed by atoms with Gasteiger partial charge in [-0.1, -0.05) is 11.6 Å². The summed E-state index contributed by atoms with van der Waals surface area (Å²) in [5.74, 6) is -1.42. The number of nitrogens with one attached hydrogen (secondary N) is 1. The molecule has 1 heterocycles. The highest BCUT2D eigenvalue weighted by Gasteiger charge is 2.35. The molecule has 0 saturated heterocycles. The summed E-state index contributed by atoms with van der Waals surface area (Å²) < 4.78 is 4.74. The van der Waals surface area contributed by atoms with Gasteiger partial charge >= 0.3 is 5.97 Å². The minimum atomic E-state index is -0.663. The van der Waals surface area contributed by atoms with E-state index in [4.69, 9.17) is 21.4 Å². The second kappa shape index (κ2) is 8.20. The van der Waals surface area contributed by atoms with Crippen molar-refractivity contribution in [2.75, 3.05) is 46.2 Å². The number of nitrogens with zero attached hydrogens (tertiary/aromatic N) is 2. The summed E-state index contributed by atoms with van der Waals surface area (Å²) in [4.78, 5) is 39.7. The third-order valence-electron chi connectivity index (χ3n) is 3.83. The number of ether oxygens (including phenoxy) is 1. The predicted molar refractivity (Wildman–Crippen MR) is 95.8 cm³/mol. The van der Waals surface area contributed by atoms with Gasteiger partial charge in [0.05, 0.1) is 37.1 Å². The Bertz CT molecular complexity index is 776. The Morgan fingerprint density at radius 3 is 2.65 bits per heavy atom. The Labute approximate surface area is 156 Å². The molecule has 2 amide bonds. The van der Waals surface area contributed by atoms with Crippen LogP contribution in [0.1, 0.15) is 10.4 Å². The lowest BCUT2D eigenvalue weighted by molar-refractivity contribution is -0.136. The van der Waals surface area contributed by atoms with E-state index in [9.17, 15) is 14.4 Å². The van der Waals surface area contributed by atoms with Crippen LogP contribution in [0.3, 0.4) is 0 Å². The number of carbonyl (C=O) groups excluding carboxylic acids is 3. The third kappa shape index (κ3) is 3.97. The molecule has 1 aromatic carbocycles. The zero-order valence-electron chi connectivity index (χ0n) is 14.7. The van der Waals surface area contributed by atoms with E-state index in [-0.39, 0.29) is 36.9 Å². The largest absolute Gasteiger partial charge is 0.466 e. The number of β-amino-alcohol motifs (C(OH)–C–C–N with tert-alkyl or cyclic N) is 1. The smallest absolute Gasteiger partial charge is 0.337 e. The second-order valence-electron chi connectivity index (χ2n) is 5.81. The Morgan fingerprint density at radius 2 is 2.08 bits per heavy atom. The van der Waals surface area contributed by atoms with Crippen LogP contribution in [0, 0.1) is 0 Å². The van der Waals surface area contributed by atoms with Gasteiger partial charge in [-0.15, -0.1) is 0 Å². The Hall–Kier alpha value is -2.58. The quantitative estimate of drug-likeness (QED) is 0.704. The number of aliphatic hydroxyl groups is 1. The van der Waals surface area contributed by atoms with E-state index in [2.05, 4.69) is 5.32 Å². The third-order valence-corrected chi connectivity index (χ3v) is 4.07. The van der Waals surface area contributed by atoms with Crippen molar-refractivity contribution in [2.45, 2.75) is 0 Å². The molecular formula is C17H20ClN3O5. The molecule has 0 aromatic heterocycles. The average molecular weight is 382 g/mol. The summed E-state index contributed by atoms with van der Waals surface area (Å²) in [7, 11) is 4.42. The monoisotopic (exact) mass is 381 g/mol. The van der Waals surface area contributed by atoms with Crippen molar-refractivity contribution < 1.29 is 24.2 Å². The van der Waals surface area contributed by atoms with Gasteiger partial charge in [-0.05, 0) is 18.2 Å². The van der Waals surface area contributed by atoms with Crippen LogP contribution < -0.4 is 5.32 Å². The van der Waals surface area contributed by atoms with Crippen LogP contribution in [0.5, 0.6) is 0 Å². The summed E-state index contributed by atoms with van der Waals surface area (Å²) in [5, 5.41) is 12.3. The molecule has 1 aliphatic rings. The number of carbonyl (C=O) groups is 3. The molecule has 0 atom stereocenters. The average Bonchev–Trinajstić information content (AvgIpc) is 2.90. The van der Waals surface area contributed by atoms with Gasteiger partial charge in [0.2, 0.25) is 0 Å². The van der Waals surface area contributed by atoms with E-state index in [0.29, 0.717) is 16.3 Å². The summed E-state index contributed by atoms with van der Waals surface area (Å²) in [5.41, 5.74) is 0.714. The maximum Gasteiger partial charge on any atom is 0.337 e. The minimum absolute atomic E-state index is 0.000345. The fraction of sp³-hybridized carbons (Fsp3) is 0.353. The first-order valence-corrected chi connectivity index (χ1v) is 8.17. The lowest BCUT2D eigenvalue weighted by atomic mass is 10.1. The molecule has 2 rings (SSSR count). The number of amides is 2. The molecule has 0 radical (unpaired) electrons. The summed E-state index contributed by atoms with van der Waals surface area (Å²) in [6.07, 6.45) is 0. The van der Waals surface area contributed by atoms with Gasteiger partial charge in [0.25, 0.3) is 11.8 Å². The van der Waals surface area contributed by atoms with Crippen molar-refractivity contribution in [1.29, 1.82) is 0 Å². The Balaban J connectivity index is 2.47. The summed E-state index contributed by atoms with van der Waals surface area (Å²) in [6.45, 7) is -0.162. The molecule has 2 N–H and O–H groups in total. The van der Waals surface area contributed by atoms with Crippen LogP contribution in [0.4, 0.5) is 5.69 Å².